The molecule has 0 amide bonds. The third-order valence-electron chi connectivity index (χ3n) is 23.4. The Kier molecular flexibility index (Phi) is 16.7. The lowest BCUT2D eigenvalue weighted by Crippen LogP contribution is -2.49. The first-order valence-electron chi connectivity index (χ1n) is 35.3. The van der Waals surface area contributed by atoms with E-state index in [0.29, 0.717) is 88.3 Å². The van der Waals surface area contributed by atoms with Crippen molar-refractivity contribution in [3.05, 3.63) is 178 Å². The van der Waals surface area contributed by atoms with Gasteiger partial charge in [-0.15, -0.1) is 0 Å². The fourth-order valence-corrected chi connectivity index (χ4v) is 18.2. The average molecular weight is 1390 g/mol. The van der Waals surface area contributed by atoms with Crippen molar-refractivity contribution in [3.8, 4) is 17.1 Å². The summed E-state index contributed by atoms with van der Waals surface area (Å²) in [5.41, 5.74) is 14.1. The maximum Gasteiger partial charge on any atom is 0.306 e. The van der Waals surface area contributed by atoms with Crippen LogP contribution < -0.4 is 0 Å². The molecule has 7 aliphatic rings. The summed E-state index contributed by atoms with van der Waals surface area (Å²) >= 11 is 0. The van der Waals surface area contributed by atoms with Crippen molar-refractivity contribution in [1.82, 2.24) is 44.3 Å². The predicted molar refractivity (Wildman–Crippen MR) is 368 cm³/mol. The highest BCUT2D eigenvalue weighted by atomic mass is 19.2. The Bertz CT molecular complexity index is 5090. The number of aromatic amines is 3. The zero-order chi connectivity index (χ0) is 70.0. The van der Waals surface area contributed by atoms with E-state index < -0.39 is 52.8 Å². The molecular weight excluding hydrogens is 1320 g/mol. The van der Waals surface area contributed by atoms with Gasteiger partial charge in [0, 0.05) is 142 Å². The second-order valence-electron chi connectivity index (χ2n) is 29.3. The summed E-state index contributed by atoms with van der Waals surface area (Å²) in [4.78, 5) is 34.5. The lowest BCUT2D eigenvalue weighted by Gasteiger charge is -2.57. The third kappa shape index (κ3) is 11.4. The van der Waals surface area contributed by atoms with Crippen molar-refractivity contribution in [3.63, 3.8) is 0 Å². The molecule has 4 aliphatic carbocycles. The molecule has 4 saturated carbocycles. The third-order valence-corrected chi connectivity index (χ3v) is 23.4. The van der Waals surface area contributed by atoms with Crippen molar-refractivity contribution < 1.29 is 70.3 Å². The number of carboxylic acid groups (broad SMARTS) is 3. The summed E-state index contributed by atoms with van der Waals surface area (Å²) in [6, 6.07) is 24.5. The van der Waals surface area contributed by atoms with Crippen molar-refractivity contribution in [2.24, 2.45) is 23.2 Å². The quantitative estimate of drug-likeness (QED) is 0.0626. The lowest BCUT2D eigenvalue weighted by molar-refractivity contribution is -0.155. The van der Waals surface area contributed by atoms with E-state index in [9.17, 15) is 56.0 Å². The van der Waals surface area contributed by atoms with Gasteiger partial charge in [-0.25, -0.2) is 26.3 Å². The molecule has 102 heavy (non-hydrogen) atoms. The maximum atomic E-state index is 14.5. The van der Waals surface area contributed by atoms with E-state index in [0.717, 1.165) is 170 Å². The second-order valence-corrected chi connectivity index (χ2v) is 29.3. The summed E-state index contributed by atoms with van der Waals surface area (Å²) in [5, 5.41) is 55.9. The van der Waals surface area contributed by atoms with Gasteiger partial charge in [0.1, 0.15) is 0 Å². The topological polar surface area (TPSA) is 240 Å². The number of hydrogen-bond donors (Lipinski definition) is 6. The van der Waals surface area contributed by atoms with Gasteiger partial charge < -0.3 is 43.2 Å². The van der Waals surface area contributed by atoms with Gasteiger partial charge >= 0.3 is 17.9 Å². The molecule has 0 bridgehead atoms. The smallest absolute Gasteiger partial charge is 0.306 e. The summed E-state index contributed by atoms with van der Waals surface area (Å²) in [6.45, 7) is 3.88. The molecule has 6 aromatic carbocycles. The maximum absolute atomic E-state index is 14.5. The number of aromatic nitrogens is 9. The van der Waals surface area contributed by atoms with Crippen molar-refractivity contribution in [2.75, 3.05) is 39.6 Å². The number of halogens is 6. The molecule has 9 heterocycles. The van der Waals surface area contributed by atoms with Crippen molar-refractivity contribution in [1.29, 1.82) is 0 Å². The molecule has 6 N–H and O–H groups in total. The van der Waals surface area contributed by atoms with Crippen LogP contribution in [-0.4, -0.2) is 117 Å². The first-order chi connectivity index (χ1) is 49.4. The van der Waals surface area contributed by atoms with Crippen LogP contribution in [0.1, 0.15) is 159 Å². The van der Waals surface area contributed by atoms with Crippen LogP contribution in [0.15, 0.2) is 110 Å². The van der Waals surface area contributed by atoms with E-state index in [1.165, 1.54) is 29.8 Å². The number of ether oxygens (including phenoxy) is 3. The fraction of sp³-hybridized carbons (Fsp3) is 0.385. The molecule has 526 valence electrons. The lowest BCUT2D eigenvalue weighted by atomic mass is 9.47. The Balaban J connectivity index is 0.000000114. The van der Waals surface area contributed by atoms with E-state index >= 15 is 0 Å². The van der Waals surface area contributed by atoms with Gasteiger partial charge in [-0.2, -0.15) is 15.3 Å². The number of carboxylic acids is 3. The first kappa shape index (κ1) is 65.5. The number of H-pyrrole nitrogens is 3. The zero-order valence-corrected chi connectivity index (χ0v) is 55.5. The van der Waals surface area contributed by atoms with Crippen LogP contribution in [0.2, 0.25) is 0 Å². The molecule has 1 spiro atoms. The molecule has 0 radical (unpaired) electrons. The summed E-state index contributed by atoms with van der Waals surface area (Å²) in [7, 11) is 0. The van der Waals surface area contributed by atoms with Crippen LogP contribution >= 0.6 is 0 Å². The highest BCUT2D eigenvalue weighted by molar-refractivity contribution is 6.02. The molecule has 0 unspecified atom stereocenters. The monoisotopic (exact) mass is 1390 g/mol. The molecule has 3 saturated heterocycles. The van der Waals surface area contributed by atoms with E-state index in [-0.39, 0.29) is 52.8 Å². The molecule has 0 atom stereocenters. The first-order valence-corrected chi connectivity index (χ1v) is 35.3. The van der Waals surface area contributed by atoms with Crippen LogP contribution in [0.4, 0.5) is 26.3 Å². The number of hydrogen-bond acceptors (Lipinski definition) is 9. The van der Waals surface area contributed by atoms with Gasteiger partial charge in [-0.05, 0) is 203 Å². The predicted octanol–water partition coefficient (Wildman–Crippen LogP) is 16.6. The Morgan fingerprint density at radius 3 is 0.980 bits per heavy atom. The molecule has 24 heteroatoms. The van der Waals surface area contributed by atoms with Gasteiger partial charge in [0.25, 0.3) is 0 Å². The molecule has 19 rings (SSSR count). The van der Waals surface area contributed by atoms with E-state index in [1.54, 1.807) is 36.8 Å². The number of aliphatic carboxylic acids is 3. The van der Waals surface area contributed by atoms with Crippen molar-refractivity contribution in [2.45, 2.75) is 125 Å². The summed E-state index contributed by atoms with van der Waals surface area (Å²) in [5.74, 6) is -7.37. The average Bonchev–Trinajstić information content (AvgIpc) is 1.55. The summed E-state index contributed by atoms with van der Waals surface area (Å²) < 4.78 is 108. The van der Waals surface area contributed by atoms with Crippen molar-refractivity contribution >= 4 is 83.3 Å². The Hall–Kier alpha value is -9.78. The van der Waals surface area contributed by atoms with Gasteiger partial charge in [0.15, 0.2) is 34.9 Å². The summed E-state index contributed by atoms with van der Waals surface area (Å²) in [6.07, 6.45) is 16.0. The molecule has 6 aromatic heterocycles. The number of nitrogens with one attached hydrogen (secondary N) is 3. The van der Waals surface area contributed by atoms with Gasteiger partial charge in [-0.3, -0.25) is 29.7 Å². The molecule has 18 nitrogen and oxygen atoms in total. The van der Waals surface area contributed by atoms with Gasteiger partial charge in [0.05, 0.1) is 69.4 Å². The fourth-order valence-electron chi connectivity index (χ4n) is 18.2. The highest BCUT2D eigenvalue weighted by Gasteiger charge is 2.56. The zero-order valence-electron chi connectivity index (χ0n) is 55.5. The minimum Gasteiger partial charge on any atom is -0.481 e. The highest BCUT2D eigenvalue weighted by Crippen LogP contribution is 2.66. The van der Waals surface area contributed by atoms with Gasteiger partial charge in [0.2, 0.25) is 0 Å². The van der Waals surface area contributed by atoms with E-state index in [1.807, 2.05) is 21.3 Å². The minimum absolute atomic E-state index is 0.0957. The standard InChI is InChI=1S/C28H27F2N3O3.2C25H23F2N3O3/c29-21-2-1-19(8-22(21)30)33-24-7-16-14-31-32-23(16)9-20(24)25(26(33)15-3-5-36-6-4-15)17-10-28(11-17)12-18(13-28)27(34)35;2*26-19-2-1-17(10-20(19)27)30-22-9-16-12-28-29-21(16)11-18(22)23(14-7-15(8-14)25(31)32)24(30)13-3-5-33-6-4-13/h1-2,7-9,14-15,17-18H,3-6,10-13H2,(H,31,32)(H,34,35);2*1-2,9-15H,3-8H2,(H,28,29)(H,31,32). The minimum atomic E-state index is -0.896. The molecule has 12 aromatic rings. The van der Waals surface area contributed by atoms with Crippen LogP contribution in [0.5, 0.6) is 0 Å². The molecule has 3 aliphatic heterocycles. The second kappa shape index (κ2) is 25.9. The Morgan fingerprint density at radius 2 is 0.686 bits per heavy atom. The number of benzene rings is 6. The normalized spacial score (nSPS) is 23.2. The number of rotatable bonds is 12. The Morgan fingerprint density at radius 1 is 0.382 bits per heavy atom. The largest absolute Gasteiger partial charge is 0.481 e. The van der Waals surface area contributed by atoms with E-state index in [4.69, 9.17) is 14.2 Å². The van der Waals surface area contributed by atoms with Crippen LogP contribution in [0.3, 0.4) is 0 Å². The SMILES string of the molecule is O=C(O)C1CC(c2c(C3CCOCC3)n(-c3ccc(F)c(F)c3)c3cc4cn[nH]c4cc23)C1.O=C(O)C1CC(c2c(C3CCOCC3)n(-c3ccc(F)c(F)c3)c3cc4cn[nH]c4cc23)C1.O=C(O)C1CC2(C1)CC(c1c(C3CCOCC3)n(-c3ccc(F)c(F)c3)c3cc4cn[nH]c4cc13)C2. The number of nitrogens with zero attached hydrogens (tertiary/aromatic N) is 6. The number of fused-ring (bicyclic) bond motifs is 6. The molecular formula is C78H73F6N9O9. The van der Waals surface area contributed by atoms with Gasteiger partial charge in [-0.1, -0.05) is 0 Å². The van der Waals surface area contributed by atoms with Crippen LogP contribution in [0.25, 0.3) is 82.5 Å². The van der Waals surface area contributed by atoms with E-state index in [2.05, 4.69) is 59.4 Å². The number of carbonyl (C=O) groups is 3. The van der Waals surface area contributed by atoms with Crippen LogP contribution in [-0.2, 0) is 28.6 Å². The van der Waals surface area contributed by atoms with Crippen LogP contribution in [0, 0.1) is 58.1 Å². The Labute approximate surface area is 578 Å². The molecule has 7 fully saturated rings.